The minimum Gasteiger partial charge on any atom is -0.460 e. The Hall–Kier alpha value is -1.10. The predicted octanol–water partition coefficient (Wildman–Crippen LogP) is 0.0907. The molecule has 0 aliphatic rings. The van der Waals surface area contributed by atoms with E-state index in [9.17, 15) is 9.59 Å². The highest BCUT2D eigenvalue weighted by Gasteiger charge is 2.12. The quantitative estimate of drug-likeness (QED) is 0.621. The van der Waals surface area contributed by atoms with Gasteiger partial charge in [-0.2, -0.15) is 0 Å². The number of rotatable bonds is 6. The third-order valence-electron chi connectivity index (χ3n) is 1.51. The van der Waals surface area contributed by atoms with E-state index in [0.29, 0.717) is 6.61 Å². The molecular formula is C9H17NO4. The van der Waals surface area contributed by atoms with Crippen molar-refractivity contribution in [3.05, 3.63) is 0 Å². The highest BCUT2D eigenvalue weighted by Crippen LogP contribution is 1.97. The number of esters is 1. The van der Waals surface area contributed by atoms with Crippen LogP contribution in [0.4, 0.5) is 0 Å². The first-order valence-corrected chi connectivity index (χ1v) is 4.58. The summed E-state index contributed by atoms with van der Waals surface area (Å²) in [6.07, 6.45) is -0.239. The van der Waals surface area contributed by atoms with Crippen molar-refractivity contribution in [2.75, 3.05) is 20.3 Å². The number of carbonyl (C=O) groups excluding carboxylic acids is 2. The number of hydrogen-bond donors (Lipinski definition) is 1. The van der Waals surface area contributed by atoms with E-state index in [1.165, 1.54) is 7.05 Å². The van der Waals surface area contributed by atoms with Gasteiger partial charge in [0.1, 0.15) is 12.7 Å². The summed E-state index contributed by atoms with van der Waals surface area (Å²) in [6.45, 7) is 3.87. The third kappa shape index (κ3) is 6.42. The molecule has 0 bridgehead atoms. The average molecular weight is 203 g/mol. The molecule has 0 aromatic rings. The van der Waals surface area contributed by atoms with Crippen LogP contribution in [0.15, 0.2) is 0 Å². The summed E-state index contributed by atoms with van der Waals surface area (Å²) in [6, 6.07) is 0. The smallest absolute Gasteiger partial charge is 0.332 e. The Kier molecular flexibility index (Phi) is 6.74. The van der Waals surface area contributed by atoms with Crippen molar-refractivity contribution in [2.24, 2.45) is 0 Å². The molecule has 0 spiro atoms. The van der Waals surface area contributed by atoms with Crippen molar-refractivity contribution in [1.82, 2.24) is 5.32 Å². The fraction of sp³-hybridized carbons (Fsp3) is 0.778. The van der Waals surface area contributed by atoms with Crippen LogP contribution in [0.3, 0.4) is 0 Å². The van der Waals surface area contributed by atoms with Crippen molar-refractivity contribution in [1.29, 1.82) is 0 Å². The molecule has 0 aliphatic carbocycles. The standard InChI is InChI=1S/C9H17NO4/c1-4-13-6-9(12)14-7(2)5-8(11)10-3/h7H,4-6H2,1-3H3,(H,10,11). The first kappa shape index (κ1) is 12.9. The van der Waals surface area contributed by atoms with E-state index in [0.717, 1.165) is 0 Å². The first-order chi connectivity index (χ1) is 6.60. The number of amides is 1. The van der Waals surface area contributed by atoms with Crippen LogP contribution in [0.25, 0.3) is 0 Å². The SMILES string of the molecule is CCOCC(=O)OC(C)CC(=O)NC. The summed E-state index contributed by atoms with van der Waals surface area (Å²) in [5, 5.41) is 2.45. The van der Waals surface area contributed by atoms with Crippen LogP contribution in [0, 0.1) is 0 Å². The van der Waals surface area contributed by atoms with Crippen molar-refractivity contribution < 1.29 is 19.1 Å². The van der Waals surface area contributed by atoms with E-state index in [1.54, 1.807) is 13.8 Å². The predicted molar refractivity (Wildman–Crippen MR) is 50.7 cm³/mol. The Labute approximate surface area is 83.8 Å². The molecule has 14 heavy (non-hydrogen) atoms. The number of ether oxygens (including phenoxy) is 2. The summed E-state index contributed by atoms with van der Waals surface area (Å²) in [7, 11) is 1.54. The molecule has 0 rings (SSSR count). The molecule has 1 N–H and O–H groups in total. The lowest BCUT2D eigenvalue weighted by Gasteiger charge is -2.11. The maximum Gasteiger partial charge on any atom is 0.332 e. The topological polar surface area (TPSA) is 64.6 Å². The molecule has 0 aromatic carbocycles. The second-order valence-corrected chi connectivity index (χ2v) is 2.81. The second-order valence-electron chi connectivity index (χ2n) is 2.81. The van der Waals surface area contributed by atoms with Crippen LogP contribution < -0.4 is 5.32 Å². The molecule has 5 heteroatoms. The van der Waals surface area contributed by atoms with Gasteiger partial charge in [-0.25, -0.2) is 4.79 Å². The van der Waals surface area contributed by atoms with Gasteiger partial charge in [0.2, 0.25) is 5.91 Å². The largest absolute Gasteiger partial charge is 0.460 e. The molecule has 1 amide bonds. The molecule has 1 unspecified atom stereocenters. The van der Waals surface area contributed by atoms with Crippen LogP contribution in [-0.2, 0) is 19.1 Å². The maximum absolute atomic E-state index is 11.0. The van der Waals surface area contributed by atoms with Gasteiger partial charge in [0.15, 0.2) is 0 Å². The summed E-state index contributed by atoms with van der Waals surface area (Å²) >= 11 is 0. The lowest BCUT2D eigenvalue weighted by molar-refractivity contribution is -0.154. The van der Waals surface area contributed by atoms with Gasteiger partial charge in [-0.1, -0.05) is 0 Å². The monoisotopic (exact) mass is 203 g/mol. The molecular weight excluding hydrogens is 186 g/mol. The van der Waals surface area contributed by atoms with Gasteiger partial charge in [0.25, 0.3) is 0 Å². The Morgan fingerprint density at radius 3 is 2.57 bits per heavy atom. The molecule has 0 radical (unpaired) electrons. The Bertz CT molecular complexity index is 193. The minimum absolute atomic E-state index is 0.0609. The molecule has 0 fully saturated rings. The molecule has 0 saturated carbocycles. The Balaban J connectivity index is 3.65. The third-order valence-corrected chi connectivity index (χ3v) is 1.51. The summed E-state index contributed by atoms with van der Waals surface area (Å²) < 4.78 is 9.75. The molecule has 0 aromatic heterocycles. The zero-order valence-electron chi connectivity index (χ0n) is 8.83. The first-order valence-electron chi connectivity index (χ1n) is 4.58. The zero-order valence-corrected chi connectivity index (χ0v) is 8.83. The van der Waals surface area contributed by atoms with Crippen LogP contribution in [0.2, 0.25) is 0 Å². The van der Waals surface area contributed by atoms with E-state index in [1.807, 2.05) is 0 Å². The van der Waals surface area contributed by atoms with Crippen molar-refractivity contribution >= 4 is 11.9 Å². The van der Waals surface area contributed by atoms with Crippen LogP contribution in [-0.4, -0.2) is 38.2 Å². The number of hydrogen-bond acceptors (Lipinski definition) is 4. The van der Waals surface area contributed by atoms with E-state index in [4.69, 9.17) is 9.47 Å². The highest BCUT2D eigenvalue weighted by atomic mass is 16.6. The molecule has 0 heterocycles. The number of carbonyl (C=O) groups is 2. The van der Waals surface area contributed by atoms with Gasteiger partial charge in [-0.15, -0.1) is 0 Å². The minimum atomic E-state index is -0.441. The van der Waals surface area contributed by atoms with Crippen molar-refractivity contribution in [3.8, 4) is 0 Å². The van der Waals surface area contributed by atoms with Crippen molar-refractivity contribution in [3.63, 3.8) is 0 Å². The van der Waals surface area contributed by atoms with E-state index >= 15 is 0 Å². The van der Waals surface area contributed by atoms with Gasteiger partial charge in [0, 0.05) is 13.7 Å². The van der Waals surface area contributed by atoms with Gasteiger partial charge in [-0.05, 0) is 13.8 Å². The van der Waals surface area contributed by atoms with E-state index in [-0.39, 0.29) is 18.9 Å². The normalized spacial score (nSPS) is 11.9. The van der Waals surface area contributed by atoms with Gasteiger partial charge in [0.05, 0.1) is 6.42 Å². The maximum atomic E-state index is 11.0. The fourth-order valence-corrected chi connectivity index (χ4v) is 0.849. The summed E-state index contributed by atoms with van der Waals surface area (Å²) in [5.41, 5.74) is 0. The van der Waals surface area contributed by atoms with Gasteiger partial charge < -0.3 is 14.8 Å². The van der Waals surface area contributed by atoms with E-state index in [2.05, 4.69) is 5.32 Å². The van der Waals surface area contributed by atoms with Crippen molar-refractivity contribution in [2.45, 2.75) is 26.4 Å². The molecule has 5 nitrogen and oxygen atoms in total. The Morgan fingerprint density at radius 2 is 2.07 bits per heavy atom. The lowest BCUT2D eigenvalue weighted by Crippen LogP contribution is -2.26. The van der Waals surface area contributed by atoms with Gasteiger partial charge >= 0.3 is 5.97 Å². The Morgan fingerprint density at radius 1 is 1.43 bits per heavy atom. The second kappa shape index (κ2) is 7.32. The lowest BCUT2D eigenvalue weighted by atomic mass is 10.3. The highest BCUT2D eigenvalue weighted by molar-refractivity contribution is 5.77. The van der Waals surface area contributed by atoms with Crippen LogP contribution in [0.1, 0.15) is 20.3 Å². The van der Waals surface area contributed by atoms with Gasteiger partial charge in [-0.3, -0.25) is 4.79 Å². The molecule has 0 saturated heterocycles. The van der Waals surface area contributed by atoms with Crippen LogP contribution in [0.5, 0.6) is 0 Å². The summed E-state index contributed by atoms with van der Waals surface area (Å²) in [5.74, 6) is -0.593. The fourth-order valence-electron chi connectivity index (χ4n) is 0.849. The molecule has 1 atom stereocenters. The van der Waals surface area contributed by atoms with Crippen LogP contribution >= 0.6 is 0 Å². The molecule has 0 aliphatic heterocycles. The average Bonchev–Trinajstić information content (AvgIpc) is 2.14. The van der Waals surface area contributed by atoms with E-state index < -0.39 is 12.1 Å². The number of nitrogens with one attached hydrogen (secondary N) is 1. The zero-order chi connectivity index (χ0) is 11.0. The molecule has 82 valence electrons. The summed E-state index contributed by atoms with van der Waals surface area (Å²) in [4.78, 5) is 21.9.